The Balaban J connectivity index is 2.04. The average molecular weight is 571 g/mol. The minimum Gasteiger partial charge on any atom is -0.464 e. The molecule has 0 aliphatic carbocycles. The number of nitrogens with zero attached hydrogens (tertiary/aromatic N) is 5. The first-order valence-corrected chi connectivity index (χ1v) is 10.1. The molecule has 0 fully saturated rings. The predicted molar refractivity (Wildman–Crippen MR) is 111 cm³/mol. The summed E-state index contributed by atoms with van der Waals surface area (Å²) in [4.78, 5) is 25.3. The standard InChI is InChI=1S/C20H8ClF9N6O2/c21-10-3-2-8(18(22,23)24)5-9(10)15-32-12-13(20(28,29)30)33-14(34-16(12)36(15)35-17(37)38)7-1-4-11(31-6-7)19(25,26)27/h1-6,35H,(H,37,38). The number of fused-ring (bicyclic) bond motifs is 1. The molecule has 0 radical (unpaired) electrons. The van der Waals surface area contributed by atoms with Crippen molar-refractivity contribution in [1.29, 1.82) is 0 Å². The van der Waals surface area contributed by atoms with Gasteiger partial charge in [0, 0.05) is 17.3 Å². The second-order valence-electron chi connectivity index (χ2n) is 7.38. The summed E-state index contributed by atoms with van der Waals surface area (Å²) in [6.07, 6.45) is -16.4. The number of carbonyl (C=O) groups is 1. The van der Waals surface area contributed by atoms with E-state index in [9.17, 15) is 49.4 Å². The maximum atomic E-state index is 13.9. The lowest BCUT2D eigenvalue weighted by atomic mass is 10.1. The first-order valence-electron chi connectivity index (χ1n) is 9.75. The molecule has 4 rings (SSSR count). The van der Waals surface area contributed by atoms with Crippen LogP contribution in [0.3, 0.4) is 0 Å². The van der Waals surface area contributed by atoms with E-state index in [2.05, 4.69) is 19.9 Å². The summed E-state index contributed by atoms with van der Waals surface area (Å²) in [5.74, 6) is -1.64. The van der Waals surface area contributed by atoms with Gasteiger partial charge >= 0.3 is 24.6 Å². The molecule has 3 aromatic heterocycles. The highest BCUT2D eigenvalue weighted by Gasteiger charge is 2.39. The molecular weight excluding hydrogens is 563 g/mol. The molecule has 1 amide bonds. The summed E-state index contributed by atoms with van der Waals surface area (Å²) in [6.45, 7) is 0. The Morgan fingerprint density at radius 2 is 1.58 bits per heavy atom. The van der Waals surface area contributed by atoms with E-state index >= 15 is 0 Å². The number of hydrogen-bond acceptors (Lipinski definition) is 5. The van der Waals surface area contributed by atoms with Gasteiger partial charge in [0.15, 0.2) is 23.0 Å². The lowest BCUT2D eigenvalue weighted by molar-refractivity contribution is -0.141. The molecule has 0 spiro atoms. The monoisotopic (exact) mass is 570 g/mol. The van der Waals surface area contributed by atoms with Crippen molar-refractivity contribution in [2.24, 2.45) is 0 Å². The van der Waals surface area contributed by atoms with Gasteiger partial charge in [0.05, 0.1) is 10.6 Å². The Morgan fingerprint density at radius 3 is 2.11 bits per heavy atom. The highest BCUT2D eigenvalue weighted by Crippen LogP contribution is 2.39. The molecule has 18 heteroatoms. The molecule has 1 aromatic carbocycles. The molecule has 0 aliphatic heterocycles. The predicted octanol–water partition coefficient (Wildman–Crippen LogP) is 6.49. The maximum Gasteiger partial charge on any atom is 0.435 e. The summed E-state index contributed by atoms with van der Waals surface area (Å²) in [5, 5.41) is 8.80. The fourth-order valence-electron chi connectivity index (χ4n) is 3.23. The minimum atomic E-state index is -5.27. The number of benzene rings is 1. The molecule has 0 atom stereocenters. The fourth-order valence-corrected chi connectivity index (χ4v) is 3.44. The van der Waals surface area contributed by atoms with Crippen LogP contribution in [0.1, 0.15) is 17.0 Å². The molecule has 3 heterocycles. The molecule has 0 saturated carbocycles. The van der Waals surface area contributed by atoms with Gasteiger partial charge < -0.3 is 5.11 Å². The number of amides is 1. The molecule has 2 N–H and O–H groups in total. The van der Waals surface area contributed by atoms with E-state index in [1.165, 1.54) is 0 Å². The minimum absolute atomic E-state index is 0.330. The SMILES string of the molecule is O=C(O)Nn1c(-c2cc(C(F)(F)F)ccc2Cl)nc2c(C(F)(F)F)nc(-c3ccc(C(F)(F)F)nc3)nc21. The van der Waals surface area contributed by atoms with Crippen LogP contribution in [0.2, 0.25) is 5.02 Å². The third-order valence-corrected chi connectivity index (χ3v) is 5.16. The van der Waals surface area contributed by atoms with Crippen molar-refractivity contribution < 1.29 is 49.4 Å². The molecule has 0 saturated heterocycles. The van der Waals surface area contributed by atoms with E-state index in [0.717, 1.165) is 12.1 Å². The van der Waals surface area contributed by atoms with Gasteiger partial charge in [0.25, 0.3) is 0 Å². The Hall–Kier alpha value is -4.15. The number of halogens is 10. The van der Waals surface area contributed by atoms with Crippen LogP contribution in [0.4, 0.5) is 44.3 Å². The van der Waals surface area contributed by atoms with Gasteiger partial charge in [-0.3, -0.25) is 4.98 Å². The van der Waals surface area contributed by atoms with Crippen molar-refractivity contribution in [3.63, 3.8) is 0 Å². The molecule has 4 aromatic rings. The lowest BCUT2D eigenvalue weighted by Crippen LogP contribution is -2.22. The van der Waals surface area contributed by atoms with Crippen molar-refractivity contribution in [3.8, 4) is 22.8 Å². The van der Waals surface area contributed by atoms with Crippen molar-refractivity contribution in [2.75, 3.05) is 5.43 Å². The van der Waals surface area contributed by atoms with E-state index < -0.39 is 80.5 Å². The van der Waals surface area contributed by atoms with Crippen LogP contribution >= 0.6 is 11.6 Å². The van der Waals surface area contributed by atoms with Crippen LogP contribution in [0.15, 0.2) is 36.5 Å². The first-order chi connectivity index (χ1) is 17.5. The number of aromatic nitrogens is 5. The van der Waals surface area contributed by atoms with Crippen LogP contribution in [0.25, 0.3) is 33.9 Å². The summed E-state index contributed by atoms with van der Waals surface area (Å²) >= 11 is 5.97. The van der Waals surface area contributed by atoms with Gasteiger partial charge in [-0.15, -0.1) is 0 Å². The molecule has 0 unspecified atom stereocenters. The smallest absolute Gasteiger partial charge is 0.435 e. The molecule has 38 heavy (non-hydrogen) atoms. The first kappa shape index (κ1) is 26.9. The number of alkyl halides is 9. The second kappa shape index (κ2) is 9.00. The fraction of sp³-hybridized carbons (Fsp3) is 0.150. The van der Waals surface area contributed by atoms with Crippen LogP contribution in [-0.2, 0) is 18.5 Å². The average Bonchev–Trinajstić information content (AvgIpc) is 3.14. The van der Waals surface area contributed by atoms with Gasteiger partial charge in [-0.05, 0) is 30.3 Å². The number of nitrogens with one attached hydrogen (secondary N) is 1. The Bertz CT molecular complexity index is 1550. The summed E-state index contributed by atoms with van der Waals surface area (Å²) in [5.41, 5.74) is -5.72. The van der Waals surface area contributed by atoms with Gasteiger partial charge in [-0.1, -0.05) is 11.6 Å². The summed E-state index contributed by atoms with van der Waals surface area (Å²) < 4.78 is 120. The topological polar surface area (TPSA) is 106 Å². The van der Waals surface area contributed by atoms with Crippen LogP contribution in [0.5, 0.6) is 0 Å². The molecule has 8 nitrogen and oxygen atoms in total. The Kier molecular flexibility index (Phi) is 6.37. The molecule has 0 bridgehead atoms. The summed E-state index contributed by atoms with van der Waals surface area (Å²) in [6, 6.07) is 2.98. The number of imidazole rings is 1. The molecule has 200 valence electrons. The molecular formula is C20H8ClF9N6O2. The van der Waals surface area contributed by atoms with E-state index in [1.807, 2.05) is 0 Å². The number of hydrogen-bond donors (Lipinski definition) is 2. The number of pyridine rings is 1. The Morgan fingerprint density at radius 1 is 0.895 bits per heavy atom. The van der Waals surface area contributed by atoms with Crippen LogP contribution in [-0.4, -0.2) is 35.8 Å². The lowest BCUT2D eigenvalue weighted by Gasteiger charge is -2.12. The maximum absolute atomic E-state index is 13.9. The largest absolute Gasteiger partial charge is 0.464 e. The second-order valence-corrected chi connectivity index (χ2v) is 7.78. The third-order valence-electron chi connectivity index (χ3n) is 4.83. The summed E-state index contributed by atoms with van der Waals surface area (Å²) in [7, 11) is 0. The zero-order valence-electron chi connectivity index (χ0n) is 17.8. The van der Waals surface area contributed by atoms with Gasteiger partial charge in [0.2, 0.25) is 0 Å². The van der Waals surface area contributed by atoms with Crippen LogP contribution in [0, 0.1) is 0 Å². The zero-order chi connectivity index (χ0) is 28.2. The Labute approximate surface area is 208 Å². The number of rotatable bonds is 3. The highest BCUT2D eigenvalue weighted by molar-refractivity contribution is 6.33. The van der Waals surface area contributed by atoms with Gasteiger partial charge in [0.1, 0.15) is 11.2 Å². The van der Waals surface area contributed by atoms with E-state index in [0.29, 0.717) is 29.1 Å². The van der Waals surface area contributed by atoms with Crippen molar-refractivity contribution >= 4 is 28.9 Å². The number of carboxylic acid groups (broad SMARTS) is 1. The highest BCUT2D eigenvalue weighted by atomic mass is 35.5. The van der Waals surface area contributed by atoms with Gasteiger partial charge in [-0.2, -0.15) is 39.5 Å². The van der Waals surface area contributed by atoms with Crippen molar-refractivity contribution in [3.05, 3.63) is 58.5 Å². The normalized spacial score (nSPS) is 12.7. The zero-order valence-corrected chi connectivity index (χ0v) is 18.6. The van der Waals surface area contributed by atoms with E-state index in [-0.39, 0.29) is 0 Å². The van der Waals surface area contributed by atoms with E-state index in [1.54, 1.807) is 5.43 Å². The van der Waals surface area contributed by atoms with Crippen LogP contribution < -0.4 is 5.43 Å². The van der Waals surface area contributed by atoms with Crippen molar-refractivity contribution in [1.82, 2.24) is 24.6 Å². The van der Waals surface area contributed by atoms with Crippen molar-refractivity contribution in [2.45, 2.75) is 18.5 Å². The van der Waals surface area contributed by atoms with E-state index in [4.69, 9.17) is 11.6 Å². The third kappa shape index (κ3) is 5.13. The molecule has 0 aliphatic rings. The quantitative estimate of drug-likeness (QED) is 0.273. The van der Waals surface area contributed by atoms with Gasteiger partial charge in [-0.25, -0.2) is 29.8 Å².